The van der Waals surface area contributed by atoms with Crippen molar-refractivity contribution in [3.8, 4) is 0 Å². The van der Waals surface area contributed by atoms with E-state index >= 15 is 0 Å². The maximum atomic E-state index is 12.0. The Kier molecular flexibility index (Phi) is 7.53. The maximum absolute atomic E-state index is 12.0. The first-order valence-corrected chi connectivity index (χ1v) is 9.51. The molecule has 0 radical (unpaired) electrons. The molecular weight excluding hydrogens is 342 g/mol. The summed E-state index contributed by atoms with van der Waals surface area (Å²) in [5.74, 6) is -1.16. The highest BCUT2D eigenvalue weighted by Crippen LogP contribution is 2.23. The third-order valence-corrected chi connectivity index (χ3v) is 4.81. The number of esters is 2. The summed E-state index contributed by atoms with van der Waals surface area (Å²) < 4.78 is 34.4. The zero-order valence-corrected chi connectivity index (χ0v) is 14.6. The van der Waals surface area contributed by atoms with Crippen molar-refractivity contribution >= 4 is 33.7 Å². The molecule has 0 spiro atoms. The Morgan fingerprint density at radius 3 is 2.17 bits per heavy atom. The SMILES string of the molecule is COC(=O)[C@H](NS(C)(=O)=O)[C@@H](SCc1ccccc1)C(=O)OC. The molecule has 2 atom stereocenters. The summed E-state index contributed by atoms with van der Waals surface area (Å²) in [5.41, 5.74) is 0.925. The van der Waals surface area contributed by atoms with Crippen molar-refractivity contribution in [2.24, 2.45) is 0 Å². The molecule has 0 heterocycles. The van der Waals surface area contributed by atoms with Crippen LogP contribution in [0.15, 0.2) is 30.3 Å². The van der Waals surface area contributed by atoms with Gasteiger partial charge in [0.05, 0.1) is 20.5 Å². The fourth-order valence-corrected chi connectivity index (χ4v) is 3.72. The van der Waals surface area contributed by atoms with Crippen LogP contribution in [0, 0.1) is 0 Å². The fraction of sp³-hybridized carbons (Fsp3) is 0.429. The lowest BCUT2D eigenvalue weighted by Crippen LogP contribution is -2.50. The monoisotopic (exact) mass is 361 g/mol. The summed E-state index contributed by atoms with van der Waals surface area (Å²) >= 11 is 1.10. The zero-order chi connectivity index (χ0) is 17.5. The molecule has 1 aromatic rings. The lowest BCUT2D eigenvalue weighted by molar-refractivity contribution is -0.148. The van der Waals surface area contributed by atoms with Gasteiger partial charge in [-0.05, 0) is 5.56 Å². The second-order valence-corrected chi connectivity index (χ2v) is 7.54. The van der Waals surface area contributed by atoms with Gasteiger partial charge in [-0.15, -0.1) is 11.8 Å². The Bertz CT molecular complexity index is 632. The van der Waals surface area contributed by atoms with Crippen molar-refractivity contribution < 1.29 is 27.5 Å². The zero-order valence-electron chi connectivity index (χ0n) is 13.0. The van der Waals surface area contributed by atoms with Gasteiger partial charge in [0, 0.05) is 5.75 Å². The minimum Gasteiger partial charge on any atom is -0.468 e. The summed E-state index contributed by atoms with van der Waals surface area (Å²) in [5, 5.41) is -1.07. The van der Waals surface area contributed by atoms with E-state index in [4.69, 9.17) is 0 Å². The Balaban J connectivity index is 2.99. The van der Waals surface area contributed by atoms with Crippen molar-refractivity contribution in [1.82, 2.24) is 4.72 Å². The molecule has 0 aliphatic rings. The van der Waals surface area contributed by atoms with Gasteiger partial charge in [-0.2, -0.15) is 4.72 Å². The number of benzene rings is 1. The van der Waals surface area contributed by atoms with E-state index < -0.39 is 33.3 Å². The van der Waals surface area contributed by atoms with Gasteiger partial charge in [0.25, 0.3) is 0 Å². The third-order valence-electron chi connectivity index (χ3n) is 2.80. The molecule has 1 rings (SSSR count). The van der Waals surface area contributed by atoms with Crippen LogP contribution in [0.4, 0.5) is 0 Å². The van der Waals surface area contributed by atoms with Crippen molar-refractivity contribution in [2.45, 2.75) is 17.0 Å². The molecule has 23 heavy (non-hydrogen) atoms. The molecule has 0 aliphatic heterocycles. The standard InChI is InChI=1S/C14H19NO6S2/c1-20-13(16)11(15-23(3,18)19)12(14(17)21-2)22-9-10-7-5-4-6-8-10/h4-8,11-12,15H,9H2,1-3H3/t11-,12-/m1/s1. The number of hydrogen-bond donors (Lipinski definition) is 1. The van der Waals surface area contributed by atoms with Crippen LogP contribution in [0.5, 0.6) is 0 Å². The number of ether oxygens (including phenoxy) is 2. The molecule has 1 aromatic carbocycles. The van der Waals surface area contributed by atoms with Crippen LogP contribution < -0.4 is 4.72 Å². The third kappa shape index (κ3) is 6.59. The number of rotatable bonds is 8. The van der Waals surface area contributed by atoms with Crippen molar-refractivity contribution in [3.05, 3.63) is 35.9 Å². The summed E-state index contributed by atoms with van der Waals surface area (Å²) in [6.45, 7) is 0. The number of thioether (sulfide) groups is 1. The molecule has 7 nitrogen and oxygen atoms in total. The summed E-state index contributed by atoms with van der Waals surface area (Å²) in [7, 11) is -1.43. The molecule has 0 bridgehead atoms. The molecule has 0 saturated heterocycles. The summed E-state index contributed by atoms with van der Waals surface area (Å²) in [4.78, 5) is 23.9. The smallest absolute Gasteiger partial charge is 0.325 e. The number of carbonyl (C=O) groups excluding carboxylic acids is 2. The van der Waals surface area contributed by atoms with E-state index in [-0.39, 0.29) is 0 Å². The van der Waals surface area contributed by atoms with Crippen LogP contribution in [0.25, 0.3) is 0 Å². The predicted molar refractivity (Wildman–Crippen MR) is 87.3 cm³/mol. The van der Waals surface area contributed by atoms with E-state index in [9.17, 15) is 18.0 Å². The number of carbonyl (C=O) groups is 2. The van der Waals surface area contributed by atoms with Gasteiger partial charge < -0.3 is 9.47 Å². The average molecular weight is 361 g/mol. The van der Waals surface area contributed by atoms with E-state index in [1.807, 2.05) is 30.3 Å². The highest BCUT2D eigenvalue weighted by Gasteiger charge is 2.37. The van der Waals surface area contributed by atoms with Gasteiger partial charge in [0.2, 0.25) is 10.0 Å². The lowest BCUT2D eigenvalue weighted by Gasteiger charge is -2.23. The first-order valence-electron chi connectivity index (χ1n) is 6.57. The van der Waals surface area contributed by atoms with Gasteiger partial charge in [-0.1, -0.05) is 30.3 Å². The number of nitrogens with one attached hydrogen (secondary N) is 1. The van der Waals surface area contributed by atoms with Gasteiger partial charge in [0.1, 0.15) is 11.3 Å². The molecular formula is C14H19NO6S2. The normalized spacial score (nSPS) is 13.9. The first-order chi connectivity index (χ1) is 10.8. The quantitative estimate of drug-likeness (QED) is 0.675. The van der Waals surface area contributed by atoms with Crippen LogP contribution in [0.1, 0.15) is 5.56 Å². The van der Waals surface area contributed by atoms with Crippen LogP contribution in [0.3, 0.4) is 0 Å². The topological polar surface area (TPSA) is 98.8 Å². The van der Waals surface area contributed by atoms with E-state index in [0.29, 0.717) is 5.75 Å². The number of hydrogen-bond acceptors (Lipinski definition) is 7. The van der Waals surface area contributed by atoms with E-state index in [2.05, 4.69) is 14.2 Å². The summed E-state index contributed by atoms with van der Waals surface area (Å²) in [6.07, 6.45) is 0.902. The van der Waals surface area contributed by atoms with Gasteiger partial charge >= 0.3 is 11.9 Å². The molecule has 0 aromatic heterocycles. The van der Waals surface area contributed by atoms with Crippen LogP contribution in [-0.2, 0) is 34.8 Å². The molecule has 1 N–H and O–H groups in total. The van der Waals surface area contributed by atoms with Crippen LogP contribution >= 0.6 is 11.8 Å². The van der Waals surface area contributed by atoms with E-state index in [0.717, 1.165) is 30.7 Å². The van der Waals surface area contributed by atoms with Crippen LogP contribution in [0.2, 0.25) is 0 Å². The molecule has 0 fully saturated rings. The Morgan fingerprint density at radius 1 is 1.13 bits per heavy atom. The second-order valence-electron chi connectivity index (χ2n) is 4.63. The Hall–Kier alpha value is -1.58. The molecule has 128 valence electrons. The minimum atomic E-state index is -3.72. The van der Waals surface area contributed by atoms with Crippen LogP contribution in [-0.4, -0.2) is 52.1 Å². The van der Waals surface area contributed by atoms with E-state index in [1.54, 1.807) is 0 Å². The van der Waals surface area contributed by atoms with Crippen molar-refractivity contribution in [1.29, 1.82) is 0 Å². The molecule has 0 unspecified atom stereocenters. The second kappa shape index (κ2) is 8.90. The number of sulfonamides is 1. The van der Waals surface area contributed by atoms with E-state index in [1.165, 1.54) is 7.11 Å². The van der Waals surface area contributed by atoms with Crippen molar-refractivity contribution in [3.63, 3.8) is 0 Å². The largest absolute Gasteiger partial charge is 0.468 e. The molecule has 0 saturated carbocycles. The fourth-order valence-electron chi connectivity index (χ4n) is 1.77. The maximum Gasteiger partial charge on any atom is 0.325 e. The highest BCUT2D eigenvalue weighted by atomic mass is 32.2. The highest BCUT2D eigenvalue weighted by molar-refractivity contribution is 8.00. The first kappa shape index (κ1) is 19.5. The number of methoxy groups -OCH3 is 2. The molecule has 9 heteroatoms. The molecule has 0 amide bonds. The Labute approximate surface area is 139 Å². The Morgan fingerprint density at radius 2 is 1.70 bits per heavy atom. The van der Waals surface area contributed by atoms with Gasteiger partial charge in [-0.25, -0.2) is 8.42 Å². The summed E-state index contributed by atoms with van der Waals surface area (Å²) in [6, 6.07) is 7.90. The predicted octanol–water partition coefficient (Wildman–Crippen LogP) is 0.552. The van der Waals surface area contributed by atoms with Gasteiger partial charge in [0.15, 0.2) is 0 Å². The molecule has 0 aliphatic carbocycles. The van der Waals surface area contributed by atoms with Crippen molar-refractivity contribution in [2.75, 3.05) is 20.5 Å². The average Bonchev–Trinajstić information content (AvgIpc) is 2.52. The minimum absolute atomic E-state index is 0.402. The van der Waals surface area contributed by atoms with Gasteiger partial charge in [-0.3, -0.25) is 9.59 Å². The lowest BCUT2D eigenvalue weighted by atomic mass is 10.2.